The quantitative estimate of drug-likeness (QED) is 0.0528. The average molecular weight is 951 g/mol. The van der Waals surface area contributed by atoms with Crippen LogP contribution in [0.25, 0.3) is 11.3 Å². The SMILES string of the molecule is Fc1c(F)c(F)c([B-](c2c(F)c(F)c(F)c(F)c2F)(c2c(F)c(F)c(F)c(F)c2F)c2c(F)c(F)c(F)c(F)c2F)c(F)c1F.N#Cc1ccc(-c2cncc[n+]2Cc2ccccc2)cc1. The summed E-state index contributed by atoms with van der Waals surface area (Å²) in [5.74, 6) is -71.4. The molecule has 0 atom stereocenters. The van der Waals surface area contributed by atoms with Gasteiger partial charge in [0.25, 0.3) is 0 Å². The second-order valence-corrected chi connectivity index (χ2v) is 13.6. The fourth-order valence-electron chi connectivity index (χ4n) is 7.14. The molecule has 0 aliphatic rings. The molecule has 340 valence electrons. The number of aromatic nitrogens is 2. The van der Waals surface area contributed by atoms with Crippen LogP contribution in [0.1, 0.15) is 11.1 Å². The van der Waals surface area contributed by atoms with Crippen LogP contribution in [-0.4, -0.2) is 11.1 Å². The number of halogens is 20. The molecule has 0 radical (unpaired) electrons. The van der Waals surface area contributed by atoms with Crippen molar-refractivity contribution in [2.75, 3.05) is 0 Å². The van der Waals surface area contributed by atoms with Crippen molar-refractivity contribution >= 4 is 28.0 Å². The van der Waals surface area contributed by atoms with Gasteiger partial charge < -0.3 is 0 Å². The number of nitriles is 1. The van der Waals surface area contributed by atoms with Crippen LogP contribution in [0.2, 0.25) is 0 Å². The first-order valence-electron chi connectivity index (χ1n) is 17.7. The van der Waals surface area contributed by atoms with Crippen LogP contribution in [0.5, 0.6) is 0 Å². The Morgan fingerprint density at radius 1 is 0.409 bits per heavy atom. The highest BCUT2D eigenvalue weighted by atomic mass is 19.2. The Balaban J connectivity index is 0.000000284. The highest BCUT2D eigenvalue weighted by molar-refractivity contribution is 7.20. The van der Waals surface area contributed by atoms with E-state index in [9.17, 15) is 52.7 Å². The van der Waals surface area contributed by atoms with Gasteiger partial charge in [-0.1, -0.05) is 30.3 Å². The molecule has 0 fully saturated rings. The van der Waals surface area contributed by atoms with Crippen molar-refractivity contribution in [2.45, 2.75) is 6.54 Å². The maximum absolute atomic E-state index is 15.4. The van der Waals surface area contributed by atoms with E-state index in [1.807, 2.05) is 54.9 Å². The zero-order valence-electron chi connectivity index (χ0n) is 31.6. The normalized spacial score (nSPS) is 11.4. The summed E-state index contributed by atoms with van der Waals surface area (Å²) in [6, 6.07) is 20.0. The largest absolute Gasteiger partial charge is 0.252 e. The summed E-state index contributed by atoms with van der Waals surface area (Å²) in [6.07, 6.45) is -1.60. The number of benzene rings is 6. The Morgan fingerprint density at radius 3 is 1.02 bits per heavy atom. The second kappa shape index (κ2) is 18.2. The van der Waals surface area contributed by atoms with Gasteiger partial charge in [0, 0.05) is 11.1 Å². The van der Waals surface area contributed by atoms with Gasteiger partial charge in [-0.2, -0.15) is 9.83 Å². The number of nitrogens with zero attached hydrogens (tertiary/aromatic N) is 3. The van der Waals surface area contributed by atoms with Crippen LogP contribution in [0.3, 0.4) is 0 Å². The van der Waals surface area contributed by atoms with Crippen molar-refractivity contribution in [1.82, 2.24) is 4.98 Å². The predicted octanol–water partition coefficient (Wildman–Crippen LogP) is 8.80. The number of hydrogen-bond donors (Lipinski definition) is 0. The summed E-state index contributed by atoms with van der Waals surface area (Å²) in [4.78, 5) is 4.22. The highest BCUT2D eigenvalue weighted by Gasteiger charge is 2.52. The third-order valence-corrected chi connectivity index (χ3v) is 10.1. The van der Waals surface area contributed by atoms with Crippen LogP contribution >= 0.6 is 0 Å². The van der Waals surface area contributed by atoms with Gasteiger partial charge in [-0.15, -0.1) is 21.9 Å². The molecule has 7 aromatic rings. The van der Waals surface area contributed by atoms with Gasteiger partial charge >= 0.3 is 0 Å². The highest BCUT2D eigenvalue weighted by Crippen LogP contribution is 2.31. The fourth-order valence-corrected chi connectivity index (χ4v) is 7.14. The molecule has 0 bridgehead atoms. The van der Waals surface area contributed by atoms with Crippen LogP contribution in [0.15, 0.2) is 73.2 Å². The fraction of sp³-hybridized carbons (Fsp3) is 0.0238. The minimum atomic E-state index is -7.22. The summed E-state index contributed by atoms with van der Waals surface area (Å²) in [5.41, 5.74) is -10.3. The number of rotatable bonds is 7. The lowest BCUT2D eigenvalue weighted by molar-refractivity contribution is -0.678. The van der Waals surface area contributed by atoms with Crippen molar-refractivity contribution in [1.29, 1.82) is 5.26 Å². The summed E-state index contributed by atoms with van der Waals surface area (Å²) < 4.78 is 296. The monoisotopic (exact) mass is 951 g/mol. The van der Waals surface area contributed by atoms with Gasteiger partial charge in [0.15, 0.2) is 82.5 Å². The van der Waals surface area contributed by atoms with Gasteiger partial charge in [0.05, 0.1) is 24.0 Å². The first-order chi connectivity index (χ1) is 31.1. The predicted molar refractivity (Wildman–Crippen MR) is 189 cm³/mol. The van der Waals surface area contributed by atoms with Crippen LogP contribution in [0.4, 0.5) is 87.8 Å². The molecule has 6 aromatic carbocycles. The summed E-state index contributed by atoms with van der Waals surface area (Å²) in [6.45, 7) is 0.790. The molecule has 0 spiro atoms. The van der Waals surface area contributed by atoms with Crippen molar-refractivity contribution in [3.63, 3.8) is 0 Å². The van der Waals surface area contributed by atoms with Gasteiger partial charge in [-0.05, 0) is 24.3 Å². The molecule has 0 amide bonds. The minimum Gasteiger partial charge on any atom is -0.252 e. The third-order valence-electron chi connectivity index (χ3n) is 10.1. The van der Waals surface area contributed by atoms with Crippen LogP contribution in [-0.2, 0) is 6.54 Å². The van der Waals surface area contributed by atoms with Crippen molar-refractivity contribution in [2.24, 2.45) is 0 Å². The van der Waals surface area contributed by atoms with Gasteiger partial charge in [0.2, 0.25) is 5.69 Å². The van der Waals surface area contributed by atoms with Crippen molar-refractivity contribution in [3.05, 3.63) is 201 Å². The maximum atomic E-state index is 15.4. The molecule has 1 heterocycles. The Hall–Kier alpha value is -7.45. The van der Waals surface area contributed by atoms with E-state index in [0.717, 1.165) is 17.8 Å². The maximum Gasteiger partial charge on any atom is 0.231 e. The van der Waals surface area contributed by atoms with Gasteiger partial charge in [-0.25, -0.2) is 87.8 Å². The first kappa shape index (κ1) is 48.0. The van der Waals surface area contributed by atoms with E-state index < -0.39 is 144 Å². The third kappa shape index (κ3) is 7.60. The molecule has 0 aliphatic carbocycles. The molecule has 0 N–H and O–H groups in total. The zero-order chi connectivity index (χ0) is 48.8. The van der Waals surface area contributed by atoms with Crippen LogP contribution in [0, 0.1) is 128 Å². The van der Waals surface area contributed by atoms with Crippen molar-refractivity contribution < 1.29 is 92.4 Å². The summed E-state index contributed by atoms with van der Waals surface area (Å²) >= 11 is 0. The molecule has 66 heavy (non-hydrogen) atoms. The molecular formula is C42H14BF20N3. The lowest BCUT2D eigenvalue weighted by Crippen LogP contribution is -2.81. The Bertz CT molecular complexity index is 2740. The van der Waals surface area contributed by atoms with E-state index in [1.54, 1.807) is 6.20 Å². The molecule has 1 aromatic heterocycles. The molecule has 0 saturated heterocycles. The topological polar surface area (TPSA) is 40.6 Å². The molecule has 24 heteroatoms. The standard InChI is InChI=1S/C24BF20.C18H14N3/c26-5-1(6(27)14(35)21(42)13(5)34)25(2-7(28)15(36)22(43)16(37)8(2)29,3-9(30)17(38)23(44)18(39)10(3)31)4-11(32)19(40)24(45)20(41)12(4)33;19-12-15-6-8-17(9-7-15)18-13-20-10-11-21(18)14-16-4-2-1-3-5-16/h;1-11,13H,14H2/q-1;+1. The lowest BCUT2D eigenvalue weighted by Gasteiger charge is -2.44. The van der Waals surface area contributed by atoms with E-state index in [2.05, 4.69) is 27.8 Å². The Kier molecular flexibility index (Phi) is 13.2. The lowest BCUT2D eigenvalue weighted by atomic mass is 9.12. The van der Waals surface area contributed by atoms with E-state index in [-0.39, 0.29) is 0 Å². The van der Waals surface area contributed by atoms with E-state index in [4.69, 9.17) is 5.26 Å². The Labute approximate surface area is 355 Å². The molecular weight excluding hydrogens is 937 g/mol. The number of hydrogen-bond acceptors (Lipinski definition) is 2. The molecule has 0 saturated carbocycles. The van der Waals surface area contributed by atoms with Gasteiger partial charge in [-0.3, -0.25) is 4.98 Å². The van der Waals surface area contributed by atoms with Crippen molar-refractivity contribution in [3.8, 4) is 17.3 Å². The average Bonchev–Trinajstić information content (AvgIpc) is 3.32. The minimum absolute atomic E-state index is 0.664. The van der Waals surface area contributed by atoms with E-state index in [1.165, 1.54) is 5.56 Å². The molecule has 7 rings (SSSR count). The smallest absolute Gasteiger partial charge is 0.231 e. The van der Waals surface area contributed by atoms with E-state index >= 15 is 35.1 Å². The molecule has 3 nitrogen and oxygen atoms in total. The first-order valence-corrected chi connectivity index (χ1v) is 17.7. The zero-order valence-corrected chi connectivity index (χ0v) is 31.6. The van der Waals surface area contributed by atoms with E-state index in [0.29, 0.717) is 5.56 Å². The summed E-state index contributed by atoms with van der Waals surface area (Å²) in [5, 5.41) is 8.88. The molecule has 0 unspecified atom stereocenters. The van der Waals surface area contributed by atoms with Gasteiger partial charge in [0.1, 0.15) is 52.7 Å². The Morgan fingerprint density at radius 2 is 0.712 bits per heavy atom. The second-order valence-electron chi connectivity index (χ2n) is 13.6. The molecule has 0 aliphatic heterocycles. The van der Waals surface area contributed by atoms with Crippen LogP contribution < -0.4 is 26.4 Å². The summed E-state index contributed by atoms with van der Waals surface area (Å²) in [7, 11) is 0.